The molecule has 9 heteroatoms. The molecular formula is C24H14FN7O. The second kappa shape index (κ2) is 7.03. The molecule has 0 aliphatic carbocycles. The quantitative estimate of drug-likeness (QED) is 0.311. The van der Waals surface area contributed by atoms with E-state index in [1.54, 1.807) is 18.2 Å². The van der Waals surface area contributed by atoms with E-state index >= 15 is 0 Å². The standard InChI is InChI=1S/C24H14FN7O/c1-2-13-14(8-10-19-20(13)24(33)32-30-19)21-26-17-6-4-3-5-15(17)22(27-21)28-23-16-11-12(25)7-9-18(16)29-31-23/h1,3-11H,(H2,30,32,33)(H2,26,27,28,29,31). The first-order valence-corrected chi connectivity index (χ1v) is 10.00. The van der Waals surface area contributed by atoms with Crippen molar-refractivity contribution in [1.82, 2.24) is 30.4 Å². The summed E-state index contributed by atoms with van der Waals surface area (Å²) in [6.45, 7) is 0. The molecule has 4 N–H and O–H groups in total. The van der Waals surface area contributed by atoms with Gasteiger partial charge in [0.25, 0.3) is 5.56 Å². The molecule has 0 unspecified atom stereocenters. The predicted octanol–water partition coefficient (Wildman–Crippen LogP) is 4.21. The molecule has 3 aromatic carbocycles. The SMILES string of the molecule is C#Cc1c(-c2nc(Nc3n[nH]c4ccc(F)cc34)c3ccccc3n2)ccc2[nH][nH]c(=O)c12. The van der Waals surface area contributed by atoms with Crippen molar-refractivity contribution in [3.05, 3.63) is 76.3 Å². The van der Waals surface area contributed by atoms with Gasteiger partial charge in [0.1, 0.15) is 11.6 Å². The van der Waals surface area contributed by atoms with Crippen LogP contribution in [0.2, 0.25) is 0 Å². The van der Waals surface area contributed by atoms with Crippen LogP contribution in [0.25, 0.3) is 44.1 Å². The number of H-pyrrole nitrogens is 3. The first-order valence-electron chi connectivity index (χ1n) is 10.00. The maximum Gasteiger partial charge on any atom is 0.273 e. The Morgan fingerprint density at radius 2 is 1.79 bits per heavy atom. The van der Waals surface area contributed by atoms with E-state index < -0.39 is 0 Å². The zero-order valence-electron chi connectivity index (χ0n) is 16.9. The second-order valence-corrected chi connectivity index (χ2v) is 7.43. The van der Waals surface area contributed by atoms with Gasteiger partial charge in [-0.15, -0.1) is 6.42 Å². The van der Waals surface area contributed by atoms with E-state index in [2.05, 4.69) is 36.6 Å². The van der Waals surface area contributed by atoms with Crippen molar-refractivity contribution in [3.63, 3.8) is 0 Å². The van der Waals surface area contributed by atoms with Crippen molar-refractivity contribution in [1.29, 1.82) is 0 Å². The van der Waals surface area contributed by atoms with Crippen molar-refractivity contribution < 1.29 is 4.39 Å². The molecule has 0 bridgehead atoms. The number of hydrogen-bond acceptors (Lipinski definition) is 5. The van der Waals surface area contributed by atoms with Crippen LogP contribution in [-0.2, 0) is 0 Å². The highest BCUT2D eigenvalue weighted by molar-refractivity contribution is 5.98. The summed E-state index contributed by atoms with van der Waals surface area (Å²) in [5.74, 6) is 3.48. The molecule has 33 heavy (non-hydrogen) atoms. The monoisotopic (exact) mass is 435 g/mol. The molecular weight excluding hydrogens is 421 g/mol. The lowest BCUT2D eigenvalue weighted by atomic mass is 10.0. The van der Waals surface area contributed by atoms with Crippen LogP contribution in [0.4, 0.5) is 16.0 Å². The maximum absolute atomic E-state index is 13.8. The number of terminal acetylenes is 1. The first-order chi connectivity index (χ1) is 16.1. The zero-order chi connectivity index (χ0) is 22.5. The third-order valence-corrected chi connectivity index (χ3v) is 5.49. The highest BCUT2D eigenvalue weighted by Gasteiger charge is 2.17. The first kappa shape index (κ1) is 18.8. The number of fused-ring (bicyclic) bond motifs is 3. The molecule has 0 fully saturated rings. The summed E-state index contributed by atoms with van der Waals surface area (Å²) in [7, 11) is 0. The summed E-state index contributed by atoms with van der Waals surface area (Å²) < 4.78 is 13.8. The fraction of sp³-hybridized carbons (Fsp3) is 0. The smallest absolute Gasteiger partial charge is 0.273 e. The lowest BCUT2D eigenvalue weighted by molar-refractivity contribution is 0.630. The Kier molecular flexibility index (Phi) is 4.00. The predicted molar refractivity (Wildman–Crippen MR) is 125 cm³/mol. The van der Waals surface area contributed by atoms with Crippen molar-refractivity contribution >= 4 is 44.3 Å². The Morgan fingerprint density at radius 3 is 2.67 bits per heavy atom. The second-order valence-electron chi connectivity index (χ2n) is 7.43. The Labute approximate surface area is 184 Å². The molecule has 6 rings (SSSR count). The lowest BCUT2D eigenvalue weighted by Gasteiger charge is -2.11. The molecule has 0 amide bonds. The maximum atomic E-state index is 13.8. The number of benzene rings is 3. The largest absolute Gasteiger partial charge is 0.322 e. The Morgan fingerprint density at radius 1 is 0.939 bits per heavy atom. The van der Waals surface area contributed by atoms with Crippen molar-refractivity contribution in [2.24, 2.45) is 0 Å². The number of anilines is 2. The minimum Gasteiger partial charge on any atom is -0.322 e. The number of nitrogens with zero attached hydrogens (tertiary/aromatic N) is 3. The van der Waals surface area contributed by atoms with Gasteiger partial charge in [-0.2, -0.15) is 5.10 Å². The van der Waals surface area contributed by atoms with E-state index in [0.717, 1.165) is 5.39 Å². The third-order valence-electron chi connectivity index (χ3n) is 5.49. The number of aromatic nitrogens is 6. The van der Waals surface area contributed by atoms with E-state index in [1.807, 2.05) is 24.3 Å². The Hall–Kier alpha value is -4.97. The zero-order valence-corrected chi connectivity index (χ0v) is 16.9. The van der Waals surface area contributed by atoms with Crippen LogP contribution in [0.15, 0.2) is 59.4 Å². The van der Waals surface area contributed by atoms with E-state index in [4.69, 9.17) is 11.4 Å². The number of halogens is 1. The van der Waals surface area contributed by atoms with E-state index in [0.29, 0.717) is 55.9 Å². The van der Waals surface area contributed by atoms with E-state index in [-0.39, 0.29) is 11.4 Å². The molecule has 3 heterocycles. The number of hydrogen-bond donors (Lipinski definition) is 4. The van der Waals surface area contributed by atoms with E-state index in [9.17, 15) is 9.18 Å². The summed E-state index contributed by atoms with van der Waals surface area (Å²) in [5.41, 5.74) is 2.57. The third kappa shape index (κ3) is 2.93. The molecule has 3 aromatic heterocycles. The van der Waals surface area contributed by atoms with Gasteiger partial charge in [0, 0.05) is 16.3 Å². The molecule has 0 aliphatic heterocycles. The van der Waals surface area contributed by atoms with Crippen molar-refractivity contribution in [3.8, 4) is 23.7 Å². The number of nitrogens with one attached hydrogen (secondary N) is 4. The molecule has 6 aromatic rings. The lowest BCUT2D eigenvalue weighted by Crippen LogP contribution is -2.03. The fourth-order valence-electron chi connectivity index (χ4n) is 3.95. The molecule has 0 radical (unpaired) electrons. The average Bonchev–Trinajstić information content (AvgIpc) is 3.41. The van der Waals surface area contributed by atoms with Gasteiger partial charge < -0.3 is 5.32 Å². The van der Waals surface area contributed by atoms with Gasteiger partial charge in [0.2, 0.25) is 0 Å². The summed E-state index contributed by atoms with van der Waals surface area (Å²) >= 11 is 0. The van der Waals surface area contributed by atoms with Gasteiger partial charge in [0.15, 0.2) is 11.6 Å². The van der Waals surface area contributed by atoms with Crippen LogP contribution in [-0.4, -0.2) is 30.4 Å². The molecule has 0 atom stereocenters. The number of rotatable bonds is 3. The van der Waals surface area contributed by atoms with Gasteiger partial charge in [0.05, 0.1) is 27.5 Å². The normalized spacial score (nSPS) is 11.3. The van der Waals surface area contributed by atoms with E-state index in [1.165, 1.54) is 12.1 Å². The highest BCUT2D eigenvalue weighted by Crippen LogP contribution is 2.32. The fourth-order valence-corrected chi connectivity index (χ4v) is 3.95. The molecule has 0 saturated heterocycles. The van der Waals surface area contributed by atoms with Gasteiger partial charge >= 0.3 is 0 Å². The summed E-state index contributed by atoms with van der Waals surface area (Å²) in [6, 6.07) is 15.4. The highest BCUT2D eigenvalue weighted by atomic mass is 19.1. The molecule has 0 saturated carbocycles. The van der Waals surface area contributed by atoms with Crippen LogP contribution in [0, 0.1) is 18.2 Å². The van der Waals surface area contributed by atoms with Gasteiger partial charge in [-0.3, -0.25) is 20.1 Å². The van der Waals surface area contributed by atoms with Gasteiger partial charge in [-0.25, -0.2) is 14.4 Å². The Bertz CT molecular complexity index is 1810. The number of aromatic amines is 3. The molecule has 0 aliphatic rings. The van der Waals surface area contributed by atoms with Crippen LogP contribution < -0.4 is 10.9 Å². The molecule has 158 valence electrons. The van der Waals surface area contributed by atoms with Crippen molar-refractivity contribution in [2.75, 3.05) is 5.32 Å². The summed E-state index contributed by atoms with van der Waals surface area (Å²) in [4.78, 5) is 21.7. The summed E-state index contributed by atoms with van der Waals surface area (Å²) in [6.07, 6.45) is 5.78. The Balaban J connectivity index is 1.58. The van der Waals surface area contributed by atoms with Crippen molar-refractivity contribution in [2.45, 2.75) is 0 Å². The minimum absolute atomic E-state index is 0.316. The van der Waals surface area contributed by atoms with Crippen LogP contribution >= 0.6 is 0 Å². The van der Waals surface area contributed by atoms with Gasteiger partial charge in [-0.05, 0) is 42.5 Å². The van der Waals surface area contributed by atoms with Crippen LogP contribution in [0.5, 0.6) is 0 Å². The average molecular weight is 435 g/mol. The van der Waals surface area contributed by atoms with Crippen LogP contribution in [0.1, 0.15) is 5.56 Å². The molecule has 0 spiro atoms. The molecule has 8 nitrogen and oxygen atoms in total. The summed E-state index contributed by atoms with van der Waals surface area (Å²) in [5, 5.41) is 17.4. The van der Waals surface area contributed by atoms with Gasteiger partial charge in [-0.1, -0.05) is 18.1 Å². The van der Waals surface area contributed by atoms with Crippen LogP contribution in [0.3, 0.4) is 0 Å². The number of para-hydroxylation sites is 1. The topological polar surface area (TPSA) is 115 Å². The minimum atomic E-state index is -0.371.